The summed E-state index contributed by atoms with van der Waals surface area (Å²) in [5.74, 6) is 1.90. The van der Waals surface area contributed by atoms with Crippen molar-refractivity contribution in [2.24, 2.45) is 11.8 Å². The van der Waals surface area contributed by atoms with Crippen LogP contribution in [0.4, 0.5) is 0 Å². The number of hydrogen-bond donors (Lipinski definition) is 1. The molecule has 0 radical (unpaired) electrons. The Labute approximate surface area is 110 Å². The second kappa shape index (κ2) is 12.4. The monoisotopic (exact) mass is 241 g/mol. The largest absolute Gasteiger partial charge is 0.317 e. The molecule has 0 aromatic carbocycles. The van der Waals surface area contributed by atoms with E-state index in [0.29, 0.717) is 0 Å². The number of nitrogens with one attached hydrogen (secondary N) is 1. The Morgan fingerprint density at radius 3 is 1.35 bits per heavy atom. The molecule has 17 heavy (non-hydrogen) atoms. The van der Waals surface area contributed by atoms with E-state index in [4.69, 9.17) is 0 Å². The van der Waals surface area contributed by atoms with E-state index in [1.165, 1.54) is 64.5 Å². The first-order valence-electron chi connectivity index (χ1n) is 7.99. The van der Waals surface area contributed by atoms with Crippen molar-refractivity contribution in [3.05, 3.63) is 0 Å². The maximum atomic E-state index is 3.63. The standard InChI is InChI=1S/C16H35N/c1-5-9-15(7-3)11-13-17-14-12-16(8-4)10-6-2/h15-17H,5-14H2,1-4H3. The molecule has 0 aliphatic rings. The van der Waals surface area contributed by atoms with E-state index in [2.05, 4.69) is 33.0 Å². The molecule has 0 aromatic heterocycles. The molecule has 0 fully saturated rings. The maximum absolute atomic E-state index is 3.63. The van der Waals surface area contributed by atoms with Gasteiger partial charge in [-0.2, -0.15) is 0 Å². The van der Waals surface area contributed by atoms with E-state index in [9.17, 15) is 0 Å². The summed E-state index contributed by atoms with van der Waals surface area (Å²) in [5, 5.41) is 3.63. The van der Waals surface area contributed by atoms with Crippen LogP contribution in [0.15, 0.2) is 0 Å². The second-order valence-corrected chi connectivity index (χ2v) is 5.45. The predicted molar refractivity (Wildman–Crippen MR) is 79.5 cm³/mol. The summed E-state index contributed by atoms with van der Waals surface area (Å²) in [4.78, 5) is 0. The third-order valence-corrected chi connectivity index (χ3v) is 4.01. The lowest BCUT2D eigenvalue weighted by molar-refractivity contribution is 0.392. The van der Waals surface area contributed by atoms with Crippen molar-refractivity contribution >= 4 is 0 Å². The first-order valence-corrected chi connectivity index (χ1v) is 7.99. The summed E-state index contributed by atoms with van der Waals surface area (Å²) in [6.07, 6.45) is 10.9. The molecule has 0 aromatic rings. The van der Waals surface area contributed by atoms with E-state index in [0.717, 1.165) is 11.8 Å². The van der Waals surface area contributed by atoms with Crippen molar-refractivity contribution in [2.75, 3.05) is 13.1 Å². The minimum absolute atomic E-state index is 0.949. The predicted octanol–water partition coefficient (Wildman–Crippen LogP) is 5.01. The van der Waals surface area contributed by atoms with Crippen molar-refractivity contribution in [1.82, 2.24) is 5.32 Å². The zero-order chi connectivity index (χ0) is 12.9. The highest BCUT2D eigenvalue weighted by Crippen LogP contribution is 2.15. The smallest absolute Gasteiger partial charge is 0.00463 e. The van der Waals surface area contributed by atoms with Crippen molar-refractivity contribution in [3.63, 3.8) is 0 Å². The van der Waals surface area contributed by atoms with Crippen LogP contribution < -0.4 is 5.32 Å². The lowest BCUT2D eigenvalue weighted by atomic mass is 9.96. The van der Waals surface area contributed by atoms with E-state index >= 15 is 0 Å². The van der Waals surface area contributed by atoms with Crippen LogP contribution in [0.2, 0.25) is 0 Å². The molecular weight excluding hydrogens is 206 g/mol. The Hall–Kier alpha value is -0.0400. The Morgan fingerprint density at radius 1 is 0.647 bits per heavy atom. The summed E-state index contributed by atoms with van der Waals surface area (Å²) < 4.78 is 0. The zero-order valence-electron chi connectivity index (χ0n) is 12.7. The summed E-state index contributed by atoms with van der Waals surface area (Å²) in [6.45, 7) is 11.7. The molecule has 0 aliphatic heterocycles. The molecule has 1 N–H and O–H groups in total. The molecule has 0 aliphatic carbocycles. The fourth-order valence-electron chi connectivity index (χ4n) is 2.66. The maximum Gasteiger partial charge on any atom is -0.00463 e. The Kier molecular flexibility index (Phi) is 12.4. The van der Waals surface area contributed by atoms with E-state index < -0.39 is 0 Å². The van der Waals surface area contributed by atoms with Crippen LogP contribution in [0.1, 0.15) is 79.1 Å². The fourth-order valence-corrected chi connectivity index (χ4v) is 2.66. The molecular formula is C16H35N. The Morgan fingerprint density at radius 2 is 1.06 bits per heavy atom. The number of rotatable bonds is 12. The first kappa shape index (κ1) is 17.0. The van der Waals surface area contributed by atoms with Crippen LogP contribution in [0.5, 0.6) is 0 Å². The van der Waals surface area contributed by atoms with Crippen LogP contribution in [0.3, 0.4) is 0 Å². The van der Waals surface area contributed by atoms with Gasteiger partial charge in [0.15, 0.2) is 0 Å². The molecule has 0 saturated heterocycles. The molecule has 2 atom stereocenters. The van der Waals surface area contributed by atoms with Gasteiger partial charge in [0, 0.05) is 0 Å². The van der Waals surface area contributed by atoms with E-state index in [1.807, 2.05) is 0 Å². The van der Waals surface area contributed by atoms with E-state index in [1.54, 1.807) is 0 Å². The lowest BCUT2D eigenvalue weighted by Crippen LogP contribution is -2.21. The van der Waals surface area contributed by atoms with Gasteiger partial charge in [-0.25, -0.2) is 0 Å². The van der Waals surface area contributed by atoms with Crippen LogP contribution in [-0.4, -0.2) is 13.1 Å². The molecule has 0 heterocycles. The molecule has 0 spiro atoms. The van der Waals surface area contributed by atoms with Gasteiger partial charge in [-0.05, 0) is 37.8 Å². The van der Waals surface area contributed by atoms with Gasteiger partial charge in [0.05, 0.1) is 0 Å². The van der Waals surface area contributed by atoms with Gasteiger partial charge in [-0.1, -0.05) is 66.2 Å². The topological polar surface area (TPSA) is 12.0 Å². The number of hydrogen-bond acceptors (Lipinski definition) is 1. The van der Waals surface area contributed by atoms with Gasteiger partial charge in [0.2, 0.25) is 0 Å². The van der Waals surface area contributed by atoms with Crippen molar-refractivity contribution < 1.29 is 0 Å². The molecule has 0 rings (SSSR count). The molecule has 0 saturated carbocycles. The second-order valence-electron chi connectivity index (χ2n) is 5.45. The minimum Gasteiger partial charge on any atom is -0.317 e. The van der Waals surface area contributed by atoms with Gasteiger partial charge >= 0.3 is 0 Å². The summed E-state index contributed by atoms with van der Waals surface area (Å²) in [5.41, 5.74) is 0. The third kappa shape index (κ3) is 9.64. The van der Waals surface area contributed by atoms with E-state index in [-0.39, 0.29) is 0 Å². The highest BCUT2D eigenvalue weighted by molar-refractivity contribution is 4.62. The van der Waals surface area contributed by atoms with Crippen molar-refractivity contribution in [2.45, 2.75) is 79.1 Å². The van der Waals surface area contributed by atoms with Gasteiger partial charge in [-0.3, -0.25) is 0 Å². The highest BCUT2D eigenvalue weighted by Gasteiger charge is 2.06. The zero-order valence-corrected chi connectivity index (χ0v) is 12.7. The molecule has 1 nitrogen and oxygen atoms in total. The van der Waals surface area contributed by atoms with Gasteiger partial charge in [0.1, 0.15) is 0 Å². The van der Waals surface area contributed by atoms with Crippen LogP contribution in [0.25, 0.3) is 0 Å². The molecule has 104 valence electrons. The molecule has 2 unspecified atom stereocenters. The molecule has 0 amide bonds. The molecule has 1 heteroatoms. The minimum atomic E-state index is 0.949. The van der Waals surface area contributed by atoms with Crippen LogP contribution in [-0.2, 0) is 0 Å². The first-order chi connectivity index (χ1) is 8.28. The van der Waals surface area contributed by atoms with Crippen molar-refractivity contribution in [3.8, 4) is 0 Å². The lowest BCUT2D eigenvalue weighted by Gasteiger charge is -2.16. The summed E-state index contributed by atoms with van der Waals surface area (Å²) in [7, 11) is 0. The normalized spacial score (nSPS) is 14.8. The van der Waals surface area contributed by atoms with Crippen molar-refractivity contribution in [1.29, 1.82) is 0 Å². The summed E-state index contributed by atoms with van der Waals surface area (Å²) >= 11 is 0. The Bertz CT molecular complexity index is 128. The van der Waals surface area contributed by atoms with Gasteiger partial charge < -0.3 is 5.32 Å². The van der Waals surface area contributed by atoms with Gasteiger partial charge in [-0.15, -0.1) is 0 Å². The van der Waals surface area contributed by atoms with Gasteiger partial charge in [0.25, 0.3) is 0 Å². The van der Waals surface area contributed by atoms with Crippen LogP contribution in [0, 0.1) is 11.8 Å². The third-order valence-electron chi connectivity index (χ3n) is 4.01. The quantitative estimate of drug-likeness (QED) is 0.474. The average molecular weight is 241 g/mol. The highest BCUT2D eigenvalue weighted by atomic mass is 14.8. The summed E-state index contributed by atoms with van der Waals surface area (Å²) in [6, 6.07) is 0. The SMILES string of the molecule is CCCC(CC)CCNCCC(CC)CCC. The fraction of sp³-hybridized carbons (Fsp3) is 1.00. The Balaban J connectivity index is 3.43. The average Bonchev–Trinajstić information content (AvgIpc) is 2.35. The molecule has 0 bridgehead atoms. The van der Waals surface area contributed by atoms with Crippen LogP contribution >= 0.6 is 0 Å².